The predicted octanol–water partition coefficient (Wildman–Crippen LogP) is 3.72. The van der Waals surface area contributed by atoms with Crippen LogP contribution in [-0.2, 0) is 22.1 Å². The SMILES string of the molecule is C1CCCCC1.[Cl][Hg][Cl]. The Kier molecular flexibility index (Phi) is 11.1. The normalized spacial score (nSPS) is 17.1. The summed E-state index contributed by atoms with van der Waals surface area (Å²) in [6.07, 6.45) is 9.00. The van der Waals surface area contributed by atoms with Gasteiger partial charge in [-0.2, -0.15) is 0 Å². The summed E-state index contributed by atoms with van der Waals surface area (Å²) in [7, 11) is 9.97. The molecule has 0 N–H and O–H groups in total. The molecule has 0 aliphatic heterocycles. The van der Waals surface area contributed by atoms with E-state index in [-0.39, 0.29) is 0 Å². The second kappa shape index (κ2) is 9.52. The van der Waals surface area contributed by atoms with Crippen molar-refractivity contribution in [2.45, 2.75) is 38.5 Å². The topological polar surface area (TPSA) is 0 Å². The Morgan fingerprint density at radius 1 is 0.667 bits per heavy atom. The van der Waals surface area contributed by atoms with Crippen LogP contribution in [0.3, 0.4) is 0 Å². The van der Waals surface area contributed by atoms with Gasteiger partial charge in [0, 0.05) is 0 Å². The van der Waals surface area contributed by atoms with Crippen molar-refractivity contribution in [2.75, 3.05) is 0 Å². The molecule has 0 bridgehead atoms. The minimum absolute atomic E-state index is 1.14. The van der Waals surface area contributed by atoms with Gasteiger partial charge in [-0.05, 0) is 0 Å². The van der Waals surface area contributed by atoms with Crippen molar-refractivity contribution in [3.8, 4) is 0 Å². The third-order valence-corrected chi connectivity index (χ3v) is 1.50. The van der Waals surface area contributed by atoms with E-state index in [0.717, 1.165) is 0 Å². The average molecular weight is 356 g/mol. The molecule has 0 aromatic heterocycles. The van der Waals surface area contributed by atoms with Gasteiger partial charge in [0.2, 0.25) is 0 Å². The first-order valence-electron chi connectivity index (χ1n) is 3.53. The molecule has 3 heteroatoms. The molecule has 9 heavy (non-hydrogen) atoms. The Morgan fingerprint density at radius 3 is 0.889 bits per heavy atom. The van der Waals surface area contributed by atoms with Crippen molar-refractivity contribution in [1.29, 1.82) is 0 Å². The van der Waals surface area contributed by atoms with Gasteiger partial charge < -0.3 is 0 Å². The van der Waals surface area contributed by atoms with Gasteiger partial charge in [0.05, 0.1) is 0 Å². The summed E-state index contributed by atoms with van der Waals surface area (Å²) >= 11 is -1.14. The van der Waals surface area contributed by atoms with Gasteiger partial charge >= 0.3 is 38.6 Å². The first-order valence-corrected chi connectivity index (χ1v) is 17.1. The Bertz CT molecular complexity index is 34.8. The van der Waals surface area contributed by atoms with Crippen LogP contribution in [0, 0.1) is 0 Å². The van der Waals surface area contributed by atoms with Gasteiger partial charge in [-0.25, -0.2) is 0 Å². The van der Waals surface area contributed by atoms with Gasteiger partial charge in [0.25, 0.3) is 0 Å². The Labute approximate surface area is 76.6 Å². The van der Waals surface area contributed by atoms with Crippen LogP contribution in [0.1, 0.15) is 38.5 Å². The van der Waals surface area contributed by atoms with E-state index < -0.39 is 22.1 Å². The van der Waals surface area contributed by atoms with Crippen LogP contribution in [0.15, 0.2) is 0 Å². The van der Waals surface area contributed by atoms with E-state index in [1.54, 1.807) is 0 Å². The Morgan fingerprint density at radius 2 is 0.778 bits per heavy atom. The molecule has 0 saturated heterocycles. The molecule has 0 unspecified atom stereocenters. The van der Waals surface area contributed by atoms with Crippen LogP contribution in [0.2, 0.25) is 0 Å². The van der Waals surface area contributed by atoms with Crippen LogP contribution in [0.25, 0.3) is 0 Å². The molecule has 1 aliphatic rings. The van der Waals surface area contributed by atoms with Crippen LogP contribution in [0.4, 0.5) is 0 Å². The molecule has 0 nitrogen and oxygen atoms in total. The fourth-order valence-corrected chi connectivity index (χ4v) is 1.06. The van der Waals surface area contributed by atoms with Gasteiger partial charge in [-0.3, -0.25) is 0 Å². The van der Waals surface area contributed by atoms with Gasteiger partial charge in [-0.15, -0.1) is 0 Å². The summed E-state index contributed by atoms with van der Waals surface area (Å²) in [5.74, 6) is 0. The van der Waals surface area contributed by atoms with Crippen molar-refractivity contribution in [3.63, 3.8) is 0 Å². The molecule has 0 aromatic carbocycles. The average Bonchev–Trinajstić information content (AvgIpc) is 1.93. The molecule has 52 valence electrons. The predicted molar refractivity (Wildman–Crippen MR) is 39.4 cm³/mol. The quantitative estimate of drug-likeness (QED) is 0.581. The van der Waals surface area contributed by atoms with Crippen LogP contribution >= 0.6 is 16.5 Å². The third kappa shape index (κ3) is 9.52. The Balaban J connectivity index is 0.000000187. The molecular weight excluding hydrogens is 344 g/mol. The van der Waals surface area contributed by atoms with E-state index in [1.807, 2.05) is 0 Å². The molecular formula is C6H12Cl2Hg. The van der Waals surface area contributed by atoms with Crippen LogP contribution in [-0.4, -0.2) is 0 Å². The molecule has 0 amide bonds. The van der Waals surface area contributed by atoms with Gasteiger partial charge in [-0.1, -0.05) is 38.5 Å². The third-order valence-electron chi connectivity index (χ3n) is 1.50. The zero-order chi connectivity index (χ0) is 6.95. The summed E-state index contributed by atoms with van der Waals surface area (Å²) in [4.78, 5) is 0. The second-order valence-electron chi connectivity index (χ2n) is 2.22. The summed E-state index contributed by atoms with van der Waals surface area (Å²) in [5.41, 5.74) is 0. The fourth-order valence-electron chi connectivity index (χ4n) is 1.06. The number of hydrogen-bond donors (Lipinski definition) is 0. The summed E-state index contributed by atoms with van der Waals surface area (Å²) in [6, 6.07) is 0. The molecule has 0 spiro atoms. The van der Waals surface area contributed by atoms with E-state index in [9.17, 15) is 0 Å². The van der Waals surface area contributed by atoms with E-state index in [4.69, 9.17) is 16.5 Å². The van der Waals surface area contributed by atoms with Gasteiger partial charge in [0.1, 0.15) is 0 Å². The molecule has 1 fully saturated rings. The van der Waals surface area contributed by atoms with Crippen molar-refractivity contribution in [3.05, 3.63) is 0 Å². The summed E-state index contributed by atoms with van der Waals surface area (Å²) in [5, 5.41) is 0. The molecule has 0 aromatic rings. The zero-order valence-electron chi connectivity index (χ0n) is 5.71. The summed E-state index contributed by atoms with van der Waals surface area (Å²) < 4.78 is 0. The van der Waals surface area contributed by atoms with Crippen molar-refractivity contribution < 1.29 is 22.1 Å². The molecule has 0 heterocycles. The molecule has 0 radical (unpaired) electrons. The van der Waals surface area contributed by atoms with E-state index in [1.165, 1.54) is 38.5 Å². The van der Waals surface area contributed by atoms with Gasteiger partial charge in [0.15, 0.2) is 0 Å². The Hall–Kier alpha value is 1.52. The van der Waals surface area contributed by atoms with Crippen LogP contribution < -0.4 is 0 Å². The zero-order valence-corrected chi connectivity index (χ0v) is 12.7. The maximum absolute atomic E-state index is 4.99. The molecule has 0 atom stereocenters. The number of rotatable bonds is 0. The standard InChI is InChI=1S/C6H12.2ClH.Hg/c1-2-4-6-5-3-1;;;/h1-6H2;2*1H;/q;;;+2/p-2. The van der Waals surface area contributed by atoms with Crippen molar-refractivity contribution in [2.24, 2.45) is 0 Å². The van der Waals surface area contributed by atoms with E-state index in [2.05, 4.69) is 0 Å². The molecule has 1 aliphatic carbocycles. The minimum atomic E-state index is -1.14. The molecule has 1 saturated carbocycles. The maximum atomic E-state index is 4.99. The van der Waals surface area contributed by atoms with Crippen molar-refractivity contribution in [1.82, 2.24) is 0 Å². The summed E-state index contributed by atoms with van der Waals surface area (Å²) in [6.45, 7) is 0. The monoisotopic (exact) mass is 356 g/mol. The number of halogens is 2. The number of hydrogen-bond acceptors (Lipinski definition) is 0. The molecule has 1 rings (SSSR count). The van der Waals surface area contributed by atoms with Crippen LogP contribution in [0.5, 0.6) is 0 Å². The second-order valence-corrected chi connectivity index (χ2v) is 10.1. The fraction of sp³-hybridized carbons (Fsp3) is 1.00. The first kappa shape index (κ1) is 10.5. The first-order chi connectivity index (χ1) is 4.41. The van der Waals surface area contributed by atoms with Crippen molar-refractivity contribution >= 4 is 16.5 Å². The van der Waals surface area contributed by atoms with E-state index >= 15 is 0 Å². The van der Waals surface area contributed by atoms with E-state index in [0.29, 0.717) is 0 Å².